The van der Waals surface area contributed by atoms with E-state index in [9.17, 15) is 5.11 Å². The Morgan fingerprint density at radius 1 is 1.11 bits per heavy atom. The topological polar surface area (TPSA) is 48.9 Å². The van der Waals surface area contributed by atoms with Crippen molar-refractivity contribution in [3.05, 3.63) is 58.9 Å². The second-order valence-electron chi connectivity index (χ2n) is 4.02. The summed E-state index contributed by atoms with van der Waals surface area (Å²) in [4.78, 5) is 7.24. The van der Waals surface area contributed by atoms with Crippen molar-refractivity contribution in [1.29, 1.82) is 0 Å². The summed E-state index contributed by atoms with van der Waals surface area (Å²) in [5.41, 5.74) is 2.24. The lowest BCUT2D eigenvalue weighted by Gasteiger charge is -1.97. The number of halogens is 1. The van der Waals surface area contributed by atoms with Crippen molar-refractivity contribution >= 4 is 22.6 Å². The lowest BCUT2D eigenvalue weighted by Crippen LogP contribution is -1.83. The minimum absolute atomic E-state index is 0.221. The van der Waals surface area contributed by atoms with Gasteiger partial charge in [0.15, 0.2) is 0 Å². The Morgan fingerprint density at radius 2 is 1.89 bits per heavy atom. The zero-order valence-corrected chi connectivity index (χ0v) is 10.6. The van der Waals surface area contributed by atoms with Gasteiger partial charge in [0.1, 0.15) is 11.4 Å². The van der Waals surface area contributed by atoms with E-state index in [1.54, 1.807) is 36.7 Å². The Hall–Kier alpha value is -2.44. The van der Waals surface area contributed by atoms with Gasteiger partial charge in [-0.15, -0.1) is 0 Å². The van der Waals surface area contributed by atoms with Crippen molar-refractivity contribution in [1.82, 2.24) is 9.97 Å². The van der Waals surface area contributed by atoms with E-state index in [2.05, 4.69) is 21.8 Å². The highest BCUT2D eigenvalue weighted by molar-refractivity contribution is 6.36. The van der Waals surface area contributed by atoms with Crippen LogP contribution in [0.25, 0.3) is 11.0 Å². The number of aromatic amines is 1. The van der Waals surface area contributed by atoms with Crippen LogP contribution in [-0.4, -0.2) is 15.1 Å². The number of hydrogen-bond donors (Lipinski definition) is 2. The molecule has 0 radical (unpaired) electrons. The molecule has 92 valence electrons. The maximum Gasteiger partial charge on any atom is 0.138 e. The highest BCUT2D eigenvalue weighted by Gasteiger charge is 2.05. The first-order chi connectivity index (χ1) is 9.24. The fourth-order valence-electron chi connectivity index (χ4n) is 1.75. The van der Waals surface area contributed by atoms with Crippen molar-refractivity contribution < 1.29 is 5.11 Å². The number of hydrogen-bond acceptors (Lipinski definition) is 2. The lowest BCUT2D eigenvalue weighted by atomic mass is 10.2. The van der Waals surface area contributed by atoms with Crippen LogP contribution in [0, 0.1) is 11.8 Å². The molecule has 1 aromatic carbocycles. The molecule has 2 aromatic heterocycles. The molecule has 0 aliphatic carbocycles. The van der Waals surface area contributed by atoms with Crippen LogP contribution in [0.1, 0.15) is 11.1 Å². The number of aromatic hydroxyl groups is 1. The van der Waals surface area contributed by atoms with Crippen molar-refractivity contribution in [3.8, 4) is 17.6 Å². The molecule has 0 unspecified atom stereocenters. The van der Waals surface area contributed by atoms with Gasteiger partial charge in [-0.2, -0.15) is 0 Å². The molecule has 4 heteroatoms. The molecule has 3 aromatic rings. The zero-order chi connectivity index (χ0) is 13.2. The Labute approximate surface area is 114 Å². The lowest BCUT2D eigenvalue weighted by molar-refractivity contribution is 0.475. The minimum Gasteiger partial charge on any atom is -0.508 e. The third-order valence-electron chi connectivity index (χ3n) is 2.73. The fraction of sp³-hybridized carbons (Fsp3) is 0. The number of H-pyrrole nitrogens is 1. The molecule has 2 heterocycles. The van der Waals surface area contributed by atoms with E-state index in [-0.39, 0.29) is 5.75 Å². The largest absolute Gasteiger partial charge is 0.508 e. The second kappa shape index (κ2) is 4.68. The van der Waals surface area contributed by atoms with E-state index in [0.29, 0.717) is 10.6 Å². The number of benzene rings is 1. The van der Waals surface area contributed by atoms with Gasteiger partial charge in [0.25, 0.3) is 0 Å². The molecular weight excluding hydrogens is 260 g/mol. The standard InChI is InChI=1S/C15H9ClN2O/c16-14-11(9-18-15-13(14)7-8-17-15)4-1-10-2-5-12(19)6-3-10/h2-3,5-9,19H,(H,17,18). The van der Waals surface area contributed by atoms with Gasteiger partial charge >= 0.3 is 0 Å². The summed E-state index contributed by atoms with van der Waals surface area (Å²) in [7, 11) is 0. The Balaban J connectivity index is 2.02. The molecule has 0 aliphatic heterocycles. The van der Waals surface area contributed by atoms with Gasteiger partial charge in [0.05, 0.1) is 10.6 Å². The monoisotopic (exact) mass is 268 g/mol. The van der Waals surface area contributed by atoms with E-state index in [1.807, 2.05) is 6.07 Å². The first-order valence-corrected chi connectivity index (χ1v) is 6.04. The fourth-order valence-corrected chi connectivity index (χ4v) is 2.00. The van der Waals surface area contributed by atoms with Crippen LogP contribution in [-0.2, 0) is 0 Å². The van der Waals surface area contributed by atoms with Crippen LogP contribution < -0.4 is 0 Å². The molecule has 0 bridgehead atoms. The van der Waals surface area contributed by atoms with Gasteiger partial charge in [0.2, 0.25) is 0 Å². The molecule has 3 nitrogen and oxygen atoms in total. The Bertz CT molecular complexity index is 794. The molecule has 19 heavy (non-hydrogen) atoms. The quantitative estimate of drug-likeness (QED) is 0.615. The summed E-state index contributed by atoms with van der Waals surface area (Å²) in [6, 6.07) is 8.56. The molecule has 0 saturated heterocycles. The third kappa shape index (κ3) is 2.26. The second-order valence-corrected chi connectivity index (χ2v) is 4.40. The molecule has 0 fully saturated rings. The smallest absolute Gasteiger partial charge is 0.138 e. The van der Waals surface area contributed by atoms with Crippen LogP contribution >= 0.6 is 11.6 Å². The summed E-state index contributed by atoms with van der Waals surface area (Å²) in [5, 5.41) is 10.7. The first kappa shape index (κ1) is 11.6. The molecule has 0 saturated carbocycles. The van der Waals surface area contributed by atoms with E-state index >= 15 is 0 Å². The summed E-state index contributed by atoms with van der Waals surface area (Å²) in [6.07, 6.45) is 3.44. The SMILES string of the molecule is Oc1ccc(C#Cc2cnc3[nH]ccc3c2Cl)cc1. The number of rotatable bonds is 0. The van der Waals surface area contributed by atoms with Gasteiger partial charge in [-0.1, -0.05) is 23.4 Å². The van der Waals surface area contributed by atoms with Crippen molar-refractivity contribution in [2.45, 2.75) is 0 Å². The predicted octanol–water partition coefficient (Wildman–Crippen LogP) is 3.32. The number of aromatic nitrogens is 2. The zero-order valence-electron chi connectivity index (χ0n) is 9.81. The molecule has 3 rings (SSSR count). The van der Waals surface area contributed by atoms with E-state index in [4.69, 9.17) is 11.6 Å². The van der Waals surface area contributed by atoms with Crippen LogP contribution in [0.4, 0.5) is 0 Å². The van der Waals surface area contributed by atoms with Crippen molar-refractivity contribution in [2.24, 2.45) is 0 Å². The number of nitrogens with zero attached hydrogens (tertiary/aromatic N) is 1. The van der Waals surface area contributed by atoms with E-state index in [0.717, 1.165) is 16.6 Å². The number of phenols is 1. The van der Waals surface area contributed by atoms with Gasteiger partial charge in [-0.3, -0.25) is 0 Å². The molecule has 0 amide bonds. The van der Waals surface area contributed by atoms with Crippen molar-refractivity contribution in [3.63, 3.8) is 0 Å². The van der Waals surface area contributed by atoms with Crippen LogP contribution in [0.5, 0.6) is 5.75 Å². The third-order valence-corrected chi connectivity index (χ3v) is 3.14. The minimum atomic E-state index is 0.221. The Morgan fingerprint density at radius 3 is 2.68 bits per heavy atom. The van der Waals surface area contributed by atoms with Gasteiger partial charge in [-0.25, -0.2) is 4.98 Å². The molecule has 0 spiro atoms. The summed E-state index contributed by atoms with van der Waals surface area (Å²) in [6.45, 7) is 0. The number of pyridine rings is 1. The molecule has 0 atom stereocenters. The number of nitrogens with one attached hydrogen (secondary N) is 1. The normalized spacial score (nSPS) is 10.2. The summed E-state index contributed by atoms with van der Waals surface area (Å²) >= 11 is 6.27. The highest BCUT2D eigenvalue weighted by atomic mass is 35.5. The van der Waals surface area contributed by atoms with E-state index in [1.165, 1.54) is 0 Å². The van der Waals surface area contributed by atoms with Crippen LogP contribution in [0.3, 0.4) is 0 Å². The Kier molecular flexibility index (Phi) is 2.86. The highest BCUT2D eigenvalue weighted by Crippen LogP contribution is 2.24. The summed E-state index contributed by atoms with van der Waals surface area (Å²) < 4.78 is 0. The average Bonchev–Trinajstić information content (AvgIpc) is 2.89. The molecule has 2 N–H and O–H groups in total. The summed E-state index contributed by atoms with van der Waals surface area (Å²) in [5.74, 6) is 6.20. The number of phenolic OH excluding ortho intramolecular Hbond substituents is 1. The van der Waals surface area contributed by atoms with Crippen molar-refractivity contribution in [2.75, 3.05) is 0 Å². The van der Waals surface area contributed by atoms with Crippen LogP contribution in [0.2, 0.25) is 5.02 Å². The van der Waals surface area contributed by atoms with E-state index < -0.39 is 0 Å². The number of fused-ring (bicyclic) bond motifs is 1. The average molecular weight is 269 g/mol. The maximum absolute atomic E-state index is 9.20. The van der Waals surface area contributed by atoms with Crippen LogP contribution in [0.15, 0.2) is 42.7 Å². The molecule has 0 aliphatic rings. The van der Waals surface area contributed by atoms with Gasteiger partial charge in [0, 0.05) is 23.3 Å². The van der Waals surface area contributed by atoms with Gasteiger partial charge < -0.3 is 10.1 Å². The molecular formula is C15H9ClN2O. The maximum atomic E-state index is 9.20. The first-order valence-electron chi connectivity index (χ1n) is 5.67. The van der Waals surface area contributed by atoms with Gasteiger partial charge in [-0.05, 0) is 30.3 Å². The predicted molar refractivity (Wildman–Crippen MR) is 75.2 cm³/mol.